The second-order valence-electron chi connectivity index (χ2n) is 8.45. The Kier molecular flexibility index (Phi) is 9.05. The highest BCUT2D eigenvalue weighted by Crippen LogP contribution is 2.23. The lowest BCUT2D eigenvalue weighted by Crippen LogP contribution is -2.00. The maximum atomic E-state index is 3.98. The molecule has 0 heterocycles. The van der Waals surface area contributed by atoms with E-state index in [9.17, 15) is 0 Å². The summed E-state index contributed by atoms with van der Waals surface area (Å²) >= 11 is 0. The van der Waals surface area contributed by atoms with Crippen LogP contribution in [0.25, 0.3) is 33.9 Å². The van der Waals surface area contributed by atoms with E-state index < -0.39 is 0 Å². The minimum absolute atomic E-state index is 0.911. The van der Waals surface area contributed by atoms with Crippen molar-refractivity contribution in [3.63, 3.8) is 0 Å². The van der Waals surface area contributed by atoms with Gasteiger partial charge in [-0.2, -0.15) is 0 Å². The van der Waals surface area contributed by atoms with E-state index in [-0.39, 0.29) is 0 Å². The molecule has 0 bridgehead atoms. The molecule has 4 aromatic carbocycles. The van der Waals surface area contributed by atoms with Crippen LogP contribution in [0.1, 0.15) is 11.1 Å². The highest BCUT2D eigenvalue weighted by molar-refractivity contribution is 5.76. The van der Waals surface area contributed by atoms with E-state index in [0.29, 0.717) is 0 Å². The van der Waals surface area contributed by atoms with Crippen LogP contribution in [-0.4, -0.2) is 0 Å². The Labute approximate surface area is 220 Å². The zero-order chi connectivity index (χ0) is 25.7. The van der Waals surface area contributed by atoms with Gasteiger partial charge in [-0.05, 0) is 57.2 Å². The van der Waals surface area contributed by atoms with Gasteiger partial charge >= 0.3 is 0 Å². The van der Waals surface area contributed by atoms with Gasteiger partial charge in [-0.3, -0.25) is 0 Å². The molecule has 1 N–H and O–H groups in total. The Hall–Kier alpha value is -4.88. The lowest BCUT2D eigenvalue weighted by molar-refractivity contribution is 1.11. The van der Waals surface area contributed by atoms with Gasteiger partial charge in [0.25, 0.3) is 0 Å². The molecule has 0 atom stereocenters. The average molecular weight is 478 g/mol. The van der Waals surface area contributed by atoms with E-state index in [1.165, 1.54) is 22.3 Å². The van der Waals surface area contributed by atoms with Crippen molar-refractivity contribution in [2.75, 3.05) is 0 Å². The fourth-order valence-corrected chi connectivity index (χ4v) is 3.92. The summed E-state index contributed by atoms with van der Waals surface area (Å²) < 4.78 is 0. The third-order valence-electron chi connectivity index (χ3n) is 5.97. The zero-order valence-electron chi connectivity index (χ0n) is 20.9. The molecular weight excluding hydrogens is 446 g/mol. The van der Waals surface area contributed by atoms with Crippen molar-refractivity contribution in [1.29, 1.82) is 0 Å². The van der Waals surface area contributed by atoms with Crippen LogP contribution in [0.3, 0.4) is 0 Å². The molecule has 0 saturated carbocycles. The van der Waals surface area contributed by atoms with Crippen molar-refractivity contribution in [2.24, 2.45) is 0 Å². The van der Waals surface area contributed by atoms with Crippen LogP contribution in [-0.2, 0) is 0 Å². The summed E-state index contributed by atoms with van der Waals surface area (Å²) in [6.45, 7) is 7.89. The molecule has 0 aromatic heterocycles. The summed E-state index contributed by atoms with van der Waals surface area (Å²) in [5.74, 6) is 0. The molecular formula is C36H31N. The Bertz CT molecular complexity index is 1420. The van der Waals surface area contributed by atoms with E-state index in [1.54, 1.807) is 6.08 Å². The lowest BCUT2D eigenvalue weighted by atomic mass is 10.00. The summed E-state index contributed by atoms with van der Waals surface area (Å²) in [6.07, 6.45) is 15.7. The van der Waals surface area contributed by atoms with E-state index in [2.05, 4.69) is 122 Å². The second kappa shape index (κ2) is 13.3. The van der Waals surface area contributed by atoms with Crippen molar-refractivity contribution in [3.05, 3.63) is 182 Å². The fourth-order valence-electron chi connectivity index (χ4n) is 3.92. The summed E-state index contributed by atoms with van der Waals surface area (Å²) in [4.78, 5) is 0. The molecule has 4 aromatic rings. The first kappa shape index (κ1) is 25.2. The SMILES string of the molecule is C=C/C(=C\C=C\c1ccc(-c2ccccc2)cc1)N/C=C/C=C(\C=C)c1ccc(-c2ccccc2)cc1. The largest absolute Gasteiger partial charge is 0.362 e. The predicted molar refractivity (Wildman–Crippen MR) is 162 cm³/mol. The van der Waals surface area contributed by atoms with Gasteiger partial charge in [0.1, 0.15) is 0 Å². The van der Waals surface area contributed by atoms with Gasteiger partial charge in [0.2, 0.25) is 0 Å². The van der Waals surface area contributed by atoms with Gasteiger partial charge in [-0.25, -0.2) is 0 Å². The number of allylic oxidation sites excluding steroid dienone is 7. The molecule has 1 heteroatoms. The molecule has 0 fully saturated rings. The topological polar surface area (TPSA) is 12.0 Å². The highest BCUT2D eigenvalue weighted by Gasteiger charge is 2.00. The predicted octanol–water partition coefficient (Wildman–Crippen LogP) is 9.48. The van der Waals surface area contributed by atoms with Crippen LogP contribution in [0.2, 0.25) is 0 Å². The number of nitrogens with one attached hydrogen (secondary N) is 1. The third-order valence-corrected chi connectivity index (χ3v) is 5.97. The molecule has 0 amide bonds. The van der Waals surface area contributed by atoms with E-state index in [4.69, 9.17) is 0 Å². The summed E-state index contributed by atoms with van der Waals surface area (Å²) in [5.41, 5.74) is 9.09. The van der Waals surface area contributed by atoms with Crippen molar-refractivity contribution in [3.8, 4) is 22.3 Å². The molecule has 0 aliphatic rings. The minimum Gasteiger partial charge on any atom is -0.362 e. The molecule has 0 radical (unpaired) electrons. The van der Waals surface area contributed by atoms with Crippen LogP contribution < -0.4 is 5.32 Å². The van der Waals surface area contributed by atoms with E-state index in [0.717, 1.165) is 22.4 Å². The third kappa shape index (κ3) is 7.30. The van der Waals surface area contributed by atoms with Crippen LogP contribution in [0.4, 0.5) is 0 Å². The average Bonchev–Trinajstić information content (AvgIpc) is 2.97. The molecule has 180 valence electrons. The Balaban J connectivity index is 1.35. The lowest BCUT2D eigenvalue weighted by Gasteiger charge is -2.05. The Morgan fingerprint density at radius 3 is 1.62 bits per heavy atom. The highest BCUT2D eigenvalue weighted by atomic mass is 14.8. The van der Waals surface area contributed by atoms with Gasteiger partial charge in [-0.15, -0.1) is 0 Å². The normalized spacial score (nSPS) is 12.1. The van der Waals surface area contributed by atoms with Gasteiger partial charge in [-0.1, -0.05) is 147 Å². The molecule has 0 spiro atoms. The zero-order valence-corrected chi connectivity index (χ0v) is 20.9. The first-order chi connectivity index (χ1) is 18.3. The molecule has 37 heavy (non-hydrogen) atoms. The maximum absolute atomic E-state index is 3.98. The van der Waals surface area contributed by atoms with Gasteiger partial charge < -0.3 is 5.32 Å². The van der Waals surface area contributed by atoms with E-state index >= 15 is 0 Å². The Morgan fingerprint density at radius 1 is 0.541 bits per heavy atom. The van der Waals surface area contributed by atoms with Gasteiger partial charge in [0.05, 0.1) is 0 Å². The van der Waals surface area contributed by atoms with Gasteiger partial charge in [0, 0.05) is 11.9 Å². The molecule has 0 aliphatic carbocycles. The fraction of sp³-hybridized carbons (Fsp3) is 0. The number of rotatable bonds is 10. The quantitative estimate of drug-likeness (QED) is 0.224. The monoisotopic (exact) mass is 477 g/mol. The minimum atomic E-state index is 0.911. The van der Waals surface area contributed by atoms with Crippen LogP contribution in [0.15, 0.2) is 171 Å². The van der Waals surface area contributed by atoms with Gasteiger partial charge in [0.15, 0.2) is 0 Å². The summed E-state index contributed by atoms with van der Waals surface area (Å²) in [5, 5.41) is 3.28. The number of benzene rings is 4. The number of hydrogen-bond donors (Lipinski definition) is 1. The standard InChI is InChI=1S/C36H31N/c1-3-30(33-24-26-35(27-25-33)32-16-9-6-10-17-32)18-12-28-37-36(4-2)19-11-13-29-20-22-34(23-21-29)31-14-7-5-8-15-31/h3-28,37H,1-2H2/b13-11+,28-12+,30-18+,36-19+. The summed E-state index contributed by atoms with van der Waals surface area (Å²) in [6, 6.07) is 37.9. The molecule has 0 unspecified atom stereocenters. The van der Waals surface area contributed by atoms with Crippen LogP contribution in [0.5, 0.6) is 0 Å². The Morgan fingerprint density at radius 2 is 1.08 bits per heavy atom. The molecule has 0 aliphatic heterocycles. The van der Waals surface area contributed by atoms with E-state index in [1.807, 2.05) is 48.7 Å². The molecule has 4 rings (SSSR count). The first-order valence-corrected chi connectivity index (χ1v) is 12.3. The van der Waals surface area contributed by atoms with Crippen LogP contribution >= 0.6 is 0 Å². The van der Waals surface area contributed by atoms with Crippen molar-refractivity contribution < 1.29 is 0 Å². The van der Waals surface area contributed by atoms with Crippen molar-refractivity contribution in [1.82, 2.24) is 5.32 Å². The first-order valence-electron chi connectivity index (χ1n) is 12.3. The number of hydrogen-bond acceptors (Lipinski definition) is 1. The second-order valence-corrected chi connectivity index (χ2v) is 8.45. The van der Waals surface area contributed by atoms with Crippen LogP contribution in [0, 0.1) is 0 Å². The van der Waals surface area contributed by atoms with Crippen molar-refractivity contribution >= 4 is 11.6 Å². The van der Waals surface area contributed by atoms with Crippen molar-refractivity contribution in [2.45, 2.75) is 0 Å². The summed E-state index contributed by atoms with van der Waals surface area (Å²) in [7, 11) is 0. The molecule has 1 nitrogen and oxygen atoms in total. The maximum Gasteiger partial charge on any atom is 0.0373 e. The molecule has 0 saturated heterocycles. The smallest absolute Gasteiger partial charge is 0.0373 e.